The Morgan fingerprint density at radius 3 is 2.53 bits per heavy atom. The number of thiocarbonyl (C=S) groups is 1. The maximum Gasteiger partial charge on any atom is 0.430 e. The number of esters is 1. The number of halogens is 3. The highest BCUT2D eigenvalue weighted by Crippen LogP contribution is 2.24. The third-order valence-corrected chi connectivity index (χ3v) is 5.40. The molecule has 1 heterocycles. The van der Waals surface area contributed by atoms with E-state index in [1.54, 1.807) is 6.26 Å². The zero-order valence-corrected chi connectivity index (χ0v) is 20.2. The molecule has 0 aliphatic heterocycles. The van der Waals surface area contributed by atoms with Crippen LogP contribution in [0.1, 0.15) is 18.4 Å². The summed E-state index contributed by atoms with van der Waals surface area (Å²) >= 11 is 5.22. The molecule has 1 unspecified atom stereocenters. The first-order chi connectivity index (χ1) is 15.8. The molecule has 0 amide bonds. The van der Waals surface area contributed by atoms with Crippen molar-refractivity contribution >= 4 is 51.0 Å². The quantitative estimate of drug-likeness (QED) is 0.239. The van der Waals surface area contributed by atoms with Crippen molar-refractivity contribution in [3.05, 3.63) is 30.0 Å². The second kappa shape index (κ2) is 13.9. The number of carboxylic acid groups (broad SMARTS) is 1. The van der Waals surface area contributed by atoms with Crippen molar-refractivity contribution in [2.45, 2.75) is 31.5 Å². The number of fused-ring (bicyclic) bond motifs is 1. The van der Waals surface area contributed by atoms with Crippen LogP contribution in [-0.4, -0.2) is 64.2 Å². The number of rotatable bonds is 9. The van der Waals surface area contributed by atoms with Gasteiger partial charge in [-0.05, 0) is 48.8 Å². The largest absolute Gasteiger partial charge is 0.542 e. The Kier molecular flexibility index (Phi) is 12.0. The Balaban J connectivity index is 0.000000718. The van der Waals surface area contributed by atoms with E-state index in [1.807, 2.05) is 24.4 Å². The minimum Gasteiger partial charge on any atom is -0.542 e. The molecule has 1 aromatic heterocycles. The van der Waals surface area contributed by atoms with Gasteiger partial charge in [0.2, 0.25) is 0 Å². The number of hydrogen-bond donors (Lipinski definition) is 3. The fraction of sp³-hybridized carbons (Fsp3) is 0.450. The van der Waals surface area contributed by atoms with Gasteiger partial charge in [-0.15, -0.1) is 0 Å². The van der Waals surface area contributed by atoms with E-state index >= 15 is 0 Å². The van der Waals surface area contributed by atoms with Gasteiger partial charge in [0.15, 0.2) is 6.04 Å². The molecule has 1 aromatic carbocycles. The third kappa shape index (κ3) is 10.5. The van der Waals surface area contributed by atoms with Crippen molar-refractivity contribution in [3.8, 4) is 5.75 Å². The molecule has 0 aliphatic rings. The molecule has 2 aromatic rings. The number of aromatic nitrogens is 1. The van der Waals surface area contributed by atoms with Crippen molar-refractivity contribution < 1.29 is 47.3 Å². The van der Waals surface area contributed by atoms with Gasteiger partial charge < -0.3 is 35.4 Å². The number of H-pyrrole nitrogens is 1. The first-order valence-electron chi connectivity index (χ1n) is 9.90. The number of alkyl halides is 3. The number of unbranched alkanes of at least 4 members (excludes halogenated alkanes) is 1. The van der Waals surface area contributed by atoms with Crippen LogP contribution < -0.4 is 20.9 Å². The summed E-state index contributed by atoms with van der Waals surface area (Å²) in [6, 6.07) is 5.15. The van der Waals surface area contributed by atoms with E-state index in [2.05, 4.69) is 16.0 Å². The van der Waals surface area contributed by atoms with Gasteiger partial charge in [-0.25, -0.2) is 4.79 Å². The SMILES string of the molecule is COC(=O)[C@@H]([NH3+])Cc1c[nH]c2ccc(OC(=S)NCCCCS(C)=O)cc12.O=C([O-])C(F)(F)F. The summed E-state index contributed by atoms with van der Waals surface area (Å²) in [6.45, 7) is 0.677. The van der Waals surface area contributed by atoms with E-state index in [9.17, 15) is 22.2 Å². The van der Waals surface area contributed by atoms with Gasteiger partial charge in [0, 0.05) is 52.9 Å². The fourth-order valence-electron chi connectivity index (χ4n) is 2.67. The number of ether oxygens (including phenoxy) is 2. The molecule has 2 atom stereocenters. The van der Waals surface area contributed by atoms with E-state index < -0.39 is 29.0 Å². The standard InChI is InChI=1S/C18H25N3O4S2.C2HF3O2/c1-24-17(22)15(19)9-12-11-21-16-6-5-13(10-14(12)16)25-18(26)20-7-3-4-8-27(2)23;3-2(4,5)1(6)7/h5-6,10-11,15,21H,3-4,7-9,19H2,1-2H3,(H,20,26);(H,6,7)/t15-,27?;/m0./s1. The predicted molar refractivity (Wildman–Crippen MR) is 121 cm³/mol. The Hall–Kier alpha value is -2.71. The highest BCUT2D eigenvalue weighted by atomic mass is 32.2. The summed E-state index contributed by atoms with van der Waals surface area (Å²) in [6.07, 6.45) is 0.600. The highest BCUT2D eigenvalue weighted by Gasteiger charge is 2.28. The maximum atomic E-state index is 11.6. The lowest BCUT2D eigenvalue weighted by Gasteiger charge is -2.10. The summed E-state index contributed by atoms with van der Waals surface area (Å²) in [7, 11) is 0.599. The second-order valence-corrected chi connectivity index (χ2v) is 8.96. The third-order valence-electron chi connectivity index (χ3n) is 4.31. The first-order valence-corrected chi connectivity index (χ1v) is 12.0. The van der Waals surface area contributed by atoms with Crippen LogP contribution in [0.2, 0.25) is 0 Å². The number of carbonyl (C=O) groups is 2. The number of nitrogens with one attached hydrogen (secondary N) is 2. The zero-order chi connectivity index (χ0) is 25.9. The lowest BCUT2D eigenvalue weighted by Crippen LogP contribution is -2.66. The number of hydrogen-bond acceptors (Lipinski definition) is 7. The van der Waals surface area contributed by atoms with Gasteiger partial charge in [-0.2, -0.15) is 13.2 Å². The number of methoxy groups -OCH3 is 1. The molecule has 14 heteroatoms. The van der Waals surface area contributed by atoms with Gasteiger partial charge in [0.05, 0.1) is 7.11 Å². The Labute approximate surface area is 201 Å². The number of benzene rings is 1. The average molecular weight is 526 g/mol. The molecule has 2 rings (SSSR count). The van der Waals surface area contributed by atoms with Crippen molar-refractivity contribution in [1.82, 2.24) is 10.3 Å². The smallest absolute Gasteiger partial charge is 0.430 e. The maximum absolute atomic E-state index is 11.6. The number of carbonyl (C=O) groups excluding carboxylic acids is 2. The van der Waals surface area contributed by atoms with Gasteiger partial charge in [0.25, 0.3) is 5.17 Å². The van der Waals surface area contributed by atoms with Crippen LogP contribution in [0.4, 0.5) is 13.2 Å². The zero-order valence-electron chi connectivity index (χ0n) is 18.5. The molecular weight excluding hydrogens is 499 g/mol. The van der Waals surface area contributed by atoms with Crippen LogP contribution in [0.3, 0.4) is 0 Å². The molecule has 0 saturated carbocycles. The van der Waals surface area contributed by atoms with E-state index in [1.165, 1.54) is 7.11 Å². The van der Waals surface area contributed by atoms with Crippen LogP contribution in [0.25, 0.3) is 10.9 Å². The summed E-state index contributed by atoms with van der Waals surface area (Å²) in [5.41, 5.74) is 5.76. The van der Waals surface area contributed by atoms with Crippen LogP contribution >= 0.6 is 12.2 Å². The second-order valence-electron chi connectivity index (χ2n) is 7.03. The molecule has 0 bridgehead atoms. The number of carboxylic acids is 1. The molecule has 190 valence electrons. The van der Waals surface area contributed by atoms with Crippen molar-refractivity contribution in [2.24, 2.45) is 0 Å². The van der Waals surface area contributed by atoms with E-state index in [0.29, 0.717) is 29.6 Å². The number of aromatic amines is 1. The van der Waals surface area contributed by atoms with Crippen LogP contribution in [0.5, 0.6) is 5.75 Å². The monoisotopic (exact) mass is 525 g/mol. The minimum absolute atomic E-state index is 0.300. The molecule has 0 saturated heterocycles. The summed E-state index contributed by atoms with van der Waals surface area (Å²) in [4.78, 5) is 23.6. The topological polar surface area (TPSA) is 148 Å². The molecule has 5 N–H and O–H groups in total. The Morgan fingerprint density at radius 2 is 1.97 bits per heavy atom. The minimum atomic E-state index is -5.19. The molecular formula is C20H26F3N3O6S2. The van der Waals surface area contributed by atoms with E-state index in [0.717, 1.165) is 29.3 Å². The van der Waals surface area contributed by atoms with E-state index in [-0.39, 0.29) is 5.97 Å². The summed E-state index contributed by atoms with van der Waals surface area (Å²) in [5.74, 6) is -2.03. The number of quaternary nitrogens is 1. The van der Waals surface area contributed by atoms with Crippen LogP contribution in [-0.2, 0) is 31.5 Å². The van der Waals surface area contributed by atoms with Crippen molar-refractivity contribution in [1.29, 1.82) is 0 Å². The normalized spacial score (nSPS) is 12.8. The molecule has 0 fully saturated rings. The lowest BCUT2D eigenvalue weighted by molar-refractivity contribution is -0.407. The van der Waals surface area contributed by atoms with Crippen molar-refractivity contribution in [2.75, 3.05) is 25.7 Å². The molecule has 9 nitrogen and oxygen atoms in total. The lowest BCUT2D eigenvalue weighted by atomic mass is 10.1. The Bertz CT molecular complexity index is 1010. The summed E-state index contributed by atoms with van der Waals surface area (Å²) < 4.78 is 53.0. The van der Waals surface area contributed by atoms with Crippen LogP contribution in [0.15, 0.2) is 24.4 Å². The van der Waals surface area contributed by atoms with E-state index in [4.69, 9.17) is 31.6 Å². The predicted octanol–water partition coefficient (Wildman–Crippen LogP) is 0.205. The van der Waals surface area contributed by atoms with Crippen LogP contribution in [0, 0.1) is 0 Å². The average Bonchev–Trinajstić information content (AvgIpc) is 3.14. The molecule has 0 radical (unpaired) electrons. The summed E-state index contributed by atoms with van der Waals surface area (Å²) in [5, 5.41) is 13.1. The van der Waals surface area contributed by atoms with Crippen molar-refractivity contribution in [3.63, 3.8) is 0 Å². The number of aliphatic carboxylic acids is 1. The van der Waals surface area contributed by atoms with Gasteiger partial charge in [-0.1, -0.05) is 0 Å². The first kappa shape index (κ1) is 29.3. The Morgan fingerprint density at radius 1 is 1.32 bits per heavy atom. The molecule has 34 heavy (non-hydrogen) atoms. The van der Waals surface area contributed by atoms with Gasteiger partial charge in [-0.3, -0.25) is 4.21 Å². The van der Waals surface area contributed by atoms with Gasteiger partial charge >= 0.3 is 12.1 Å². The van der Waals surface area contributed by atoms with Gasteiger partial charge in [0.1, 0.15) is 11.7 Å². The molecule has 0 aliphatic carbocycles. The molecule has 0 spiro atoms. The fourth-order valence-corrected chi connectivity index (χ4v) is 3.48. The highest BCUT2D eigenvalue weighted by molar-refractivity contribution is 7.84.